The fraction of sp³-hybridized carbons (Fsp3) is 0.300. The molecule has 0 aliphatic heterocycles. The number of hydrogen-bond donors (Lipinski definition) is 1. The van der Waals surface area contributed by atoms with E-state index in [1.54, 1.807) is 31.1 Å². The first-order valence-electron chi connectivity index (χ1n) is 8.43. The monoisotopic (exact) mass is 418 g/mol. The van der Waals surface area contributed by atoms with Crippen molar-refractivity contribution >= 4 is 27.7 Å². The lowest BCUT2D eigenvalue weighted by atomic mass is 10.1. The van der Waals surface area contributed by atoms with E-state index in [0.29, 0.717) is 31.6 Å². The van der Waals surface area contributed by atoms with E-state index in [1.807, 2.05) is 36.4 Å². The standard InChI is InChI=1S/C20H23BrN2O3/c1-22-20(25)16-11-9-15(10-12-16)14-23(2)19(24)8-5-13-26-18-7-4-3-6-17(18)21/h3-4,6-7,9-12H,5,8,13-14H2,1-2H3,(H,22,25). The number of carbonyl (C=O) groups is 2. The molecule has 0 radical (unpaired) electrons. The van der Waals surface area contributed by atoms with Gasteiger partial charge in [-0.05, 0) is 52.2 Å². The summed E-state index contributed by atoms with van der Waals surface area (Å²) in [5.74, 6) is 0.728. The second-order valence-electron chi connectivity index (χ2n) is 5.91. The molecule has 6 heteroatoms. The van der Waals surface area contributed by atoms with Crippen molar-refractivity contribution in [3.63, 3.8) is 0 Å². The third kappa shape index (κ3) is 5.88. The van der Waals surface area contributed by atoms with Gasteiger partial charge < -0.3 is 15.0 Å². The Kier molecular flexibility index (Phi) is 7.66. The van der Waals surface area contributed by atoms with Crippen molar-refractivity contribution in [3.8, 4) is 5.75 Å². The summed E-state index contributed by atoms with van der Waals surface area (Å²) in [4.78, 5) is 25.5. The first-order valence-corrected chi connectivity index (χ1v) is 9.23. The third-order valence-electron chi connectivity index (χ3n) is 3.92. The van der Waals surface area contributed by atoms with Gasteiger partial charge in [-0.1, -0.05) is 24.3 Å². The summed E-state index contributed by atoms with van der Waals surface area (Å²) in [7, 11) is 3.38. The summed E-state index contributed by atoms with van der Waals surface area (Å²) in [6.07, 6.45) is 1.08. The van der Waals surface area contributed by atoms with Crippen LogP contribution in [0.2, 0.25) is 0 Å². The van der Waals surface area contributed by atoms with Gasteiger partial charge in [0.15, 0.2) is 0 Å². The van der Waals surface area contributed by atoms with Crippen molar-refractivity contribution in [1.29, 1.82) is 0 Å². The van der Waals surface area contributed by atoms with Gasteiger partial charge >= 0.3 is 0 Å². The van der Waals surface area contributed by atoms with Crippen molar-refractivity contribution in [2.24, 2.45) is 0 Å². The molecule has 0 heterocycles. The molecule has 0 unspecified atom stereocenters. The van der Waals surface area contributed by atoms with E-state index in [0.717, 1.165) is 15.8 Å². The average molecular weight is 419 g/mol. The Morgan fingerprint density at radius 1 is 1.12 bits per heavy atom. The summed E-state index contributed by atoms with van der Waals surface area (Å²) in [6, 6.07) is 14.9. The predicted octanol–water partition coefficient (Wildman–Crippen LogP) is 3.63. The van der Waals surface area contributed by atoms with Crippen LogP contribution in [0.1, 0.15) is 28.8 Å². The third-order valence-corrected chi connectivity index (χ3v) is 4.57. The second kappa shape index (κ2) is 9.97. The normalized spacial score (nSPS) is 10.3. The highest BCUT2D eigenvalue weighted by Crippen LogP contribution is 2.23. The highest BCUT2D eigenvalue weighted by molar-refractivity contribution is 9.10. The van der Waals surface area contributed by atoms with E-state index in [2.05, 4.69) is 21.2 Å². The van der Waals surface area contributed by atoms with Gasteiger partial charge in [-0.25, -0.2) is 0 Å². The molecule has 1 N–H and O–H groups in total. The Morgan fingerprint density at radius 2 is 1.81 bits per heavy atom. The quantitative estimate of drug-likeness (QED) is 0.665. The molecular weight excluding hydrogens is 396 g/mol. The molecular formula is C20H23BrN2O3. The molecule has 0 fully saturated rings. The second-order valence-corrected chi connectivity index (χ2v) is 6.76. The maximum Gasteiger partial charge on any atom is 0.251 e. The highest BCUT2D eigenvalue weighted by Gasteiger charge is 2.10. The van der Waals surface area contributed by atoms with E-state index in [4.69, 9.17) is 4.74 Å². The maximum atomic E-state index is 12.2. The molecule has 0 aromatic heterocycles. The molecule has 26 heavy (non-hydrogen) atoms. The van der Waals surface area contributed by atoms with Gasteiger partial charge in [0, 0.05) is 32.6 Å². The van der Waals surface area contributed by atoms with Crippen LogP contribution in [0, 0.1) is 0 Å². The highest BCUT2D eigenvalue weighted by atomic mass is 79.9. The molecule has 0 atom stereocenters. The summed E-state index contributed by atoms with van der Waals surface area (Å²) in [5.41, 5.74) is 1.59. The van der Waals surface area contributed by atoms with Crippen molar-refractivity contribution in [2.75, 3.05) is 20.7 Å². The smallest absolute Gasteiger partial charge is 0.251 e. The number of nitrogens with zero attached hydrogens (tertiary/aromatic N) is 1. The van der Waals surface area contributed by atoms with E-state index in [1.165, 1.54) is 0 Å². The minimum Gasteiger partial charge on any atom is -0.492 e. The zero-order valence-corrected chi connectivity index (χ0v) is 16.6. The molecule has 2 aromatic rings. The van der Waals surface area contributed by atoms with Crippen molar-refractivity contribution in [3.05, 3.63) is 64.1 Å². The van der Waals surface area contributed by atoms with Crippen molar-refractivity contribution in [2.45, 2.75) is 19.4 Å². The van der Waals surface area contributed by atoms with Crippen molar-refractivity contribution in [1.82, 2.24) is 10.2 Å². The first-order chi connectivity index (χ1) is 12.5. The number of hydrogen-bond acceptors (Lipinski definition) is 3. The number of halogens is 1. The Hall–Kier alpha value is -2.34. The lowest BCUT2D eigenvalue weighted by Gasteiger charge is -2.17. The lowest BCUT2D eigenvalue weighted by Crippen LogP contribution is -2.26. The zero-order valence-electron chi connectivity index (χ0n) is 15.0. The van der Waals surface area contributed by atoms with Crippen LogP contribution in [0.25, 0.3) is 0 Å². The molecule has 0 aliphatic carbocycles. The molecule has 138 valence electrons. The fourth-order valence-corrected chi connectivity index (χ4v) is 2.83. The van der Waals surface area contributed by atoms with Crippen molar-refractivity contribution < 1.29 is 14.3 Å². The average Bonchev–Trinajstić information content (AvgIpc) is 2.66. The maximum absolute atomic E-state index is 12.2. The Labute approximate surface area is 162 Å². The van der Waals surface area contributed by atoms with E-state index in [9.17, 15) is 9.59 Å². The number of carbonyl (C=O) groups excluding carboxylic acids is 2. The Bertz CT molecular complexity index is 747. The molecule has 2 rings (SSSR count). The van der Waals surface area contributed by atoms with Gasteiger partial charge in [-0.2, -0.15) is 0 Å². The number of ether oxygens (including phenoxy) is 1. The topological polar surface area (TPSA) is 58.6 Å². The van der Waals surface area contributed by atoms with Gasteiger partial charge in [0.1, 0.15) is 5.75 Å². The van der Waals surface area contributed by atoms with Gasteiger partial charge in [0.2, 0.25) is 5.91 Å². The van der Waals surface area contributed by atoms with Crippen LogP contribution >= 0.6 is 15.9 Å². The van der Waals surface area contributed by atoms with Crippen LogP contribution in [0.5, 0.6) is 5.75 Å². The van der Waals surface area contributed by atoms with Gasteiger partial charge in [-0.15, -0.1) is 0 Å². The summed E-state index contributed by atoms with van der Waals surface area (Å²) in [5, 5.41) is 2.59. The largest absolute Gasteiger partial charge is 0.492 e. The van der Waals surface area contributed by atoms with Gasteiger partial charge in [0.25, 0.3) is 5.91 Å². The number of amides is 2. The molecule has 0 saturated heterocycles. The fourth-order valence-electron chi connectivity index (χ4n) is 2.43. The molecule has 2 aromatic carbocycles. The number of rotatable bonds is 8. The van der Waals surface area contributed by atoms with Crippen LogP contribution in [-0.4, -0.2) is 37.4 Å². The van der Waals surface area contributed by atoms with Gasteiger partial charge in [-0.3, -0.25) is 9.59 Å². The van der Waals surface area contributed by atoms with Crippen LogP contribution < -0.4 is 10.1 Å². The predicted molar refractivity (Wildman–Crippen MR) is 105 cm³/mol. The first kappa shape index (κ1) is 20.0. The number of benzene rings is 2. The minimum atomic E-state index is -0.119. The van der Waals surface area contributed by atoms with Crippen LogP contribution in [-0.2, 0) is 11.3 Å². The molecule has 0 saturated carbocycles. The molecule has 0 spiro atoms. The van der Waals surface area contributed by atoms with Crippen LogP contribution in [0.4, 0.5) is 0 Å². The minimum absolute atomic E-state index is 0.0658. The Morgan fingerprint density at radius 3 is 2.46 bits per heavy atom. The molecule has 0 bridgehead atoms. The summed E-state index contributed by atoms with van der Waals surface area (Å²) >= 11 is 3.43. The molecule has 2 amide bonds. The number of nitrogens with one attached hydrogen (secondary N) is 1. The lowest BCUT2D eigenvalue weighted by molar-refractivity contribution is -0.130. The zero-order chi connectivity index (χ0) is 18.9. The SMILES string of the molecule is CNC(=O)c1ccc(CN(C)C(=O)CCCOc2ccccc2Br)cc1. The summed E-state index contributed by atoms with van der Waals surface area (Å²) < 4.78 is 6.58. The Balaban J connectivity index is 1.75. The summed E-state index contributed by atoms with van der Waals surface area (Å²) in [6.45, 7) is 1.00. The van der Waals surface area contributed by atoms with Crippen LogP contribution in [0.3, 0.4) is 0 Å². The van der Waals surface area contributed by atoms with E-state index < -0.39 is 0 Å². The van der Waals surface area contributed by atoms with Crippen LogP contribution in [0.15, 0.2) is 53.0 Å². The van der Waals surface area contributed by atoms with E-state index >= 15 is 0 Å². The van der Waals surface area contributed by atoms with Gasteiger partial charge in [0.05, 0.1) is 11.1 Å². The molecule has 5 nitrogen and oxygen atoms in total. The molecule has 0 aliphatic rings. The van der Waals surface area contributed by atoms with E-state index in [-0.39, 0.29) is 11.8 Å². The number of para-hydroxylation sites is 1.